The van der Waals surface area contributed by atoms with Crippen LogP contribution in [-0.2, 0) is 0 Å². The van der Waals surface area contributed by atoms with Gasteiger partial charge in [0.1, 0.15) is 5.75 Å². The molecule has 0 atom stereocenters. The Morgan fingerprint density at radius 1 is 1.47 bits per heavy atom. The Hall–Kier alpha value is -2.04. The fourth-order valence-electron chi connectivity index (χ4n) is 2.10. The maximum atomic E-state index is 12.1. The highest BCUT2D eigenvalue weighted by atomic mass is 16.5. The minimum absolute atomic E-state index is 0.0668. The number of benzene rings is 1. The second kappa shape index (κ2) is 5.73. The van der Waals surface area contributed by atoms with Crippen LogP contribution in [-0.4, -0.2) is 32.0 Å². The highest BCUT2D eigenvalue weighted by Gasteiger charge is 2.27. The minimum atomic E-state index is -0.163. The SMILES string of the molecule is CCCNC(=O)N1CCC(=O)c2ccc(OC)cc21. The molecule has 0 spiro atoms. The predicted octanol–water partition coefficient (Wildman–Crippen LogP) is 2.21. The zero-order chi connectivity index (χ0) is 13.8. The minimum Gasteiger partial charge on any atom is -0.497 e. The van der Waals surface area contributed by atoms with Gasteiger partial charge in [-0.05, 0) is 18.6 Å². The molecular formula is C14H18N2O3. The average molecular weight is 262 g/mol. The van der Waals surface area contributed by atoms with Crippen LogP contribution in [0.15, 0.2) is 18.2 Å². The number of amides is 2. The fraction of sp³-hybridized carbons (Fsp3) is 0.429. The monoisotopic (exact) mass is 262 g/mol. The van der Waals surface area contributed by atoms with Gasteiger partial charge >= 0.3 is 6.03 Å². The van der Waals surface area contributed by atoms with E-state index < -0.39 is 0 Å². The maximum absolute atomic E-state index is 12.1. The number of carbonyl (C=O) groups is 2. The van der Waals surface area contributed by atoms with E-state index in [1.165, 1.54) is 0 Å². The lowest BCUT2D eigenvalue weighted by Gasteiger charge is -2.29. The van der Waals surface area contributed by atoms with Gasteiger partial charge in [0.05, 0.1) is 12.8 Å². The molecule has 1 aromatic rings. The summed E-state index contributed by atoms with van der Waals surface area (Å²) in [5.41, 5.74) is 1.21. The summed E-state index contributed by atoms with van der Waals surface area (Å²) in [5, 5.41) is 2.83. The zero-order valence-electron chi connectivity index (χ0n) is 11.2. The largest absolute Gasteiger partial charge is 0.497 e. The number of hydrogen-bond acceptors (Lipinski definition) is 3. The molecular weight excluding hydrogens is 244 g/mol. The second-order valence-corrected chi connectivity index (χ2v) is 4.44. The number of rotatable bonds is 3. The van der Waals surface area contributed by atoms with Crippen molar-refractivity contribution in [1.82, 2.24) is 5.32 Å². The third-order valence-corrected chi connectivity index (χ3v) is 3.13. The molecule has 5 heteroatoms. The van der Waals surface area contributed by atoms with E-state index in [9.17, 15) is 9.59 Å². The van der Waals surface area contributed by atoms with Gasteiger partial charge in [0.25, 0.3) is 0 Å². The number of ether oxygens (including phenoxy) is 1. The number of nitrogens with zero attached hydrogens (tertiary/aromatic N) is 1. The first-order chi connectivity index (χ1) is 9.17. The first kappa shape index (κ1) is 13.4. The summed E-state index contributed by atoms with van der Waals surface area (Å²) >= 11 is 0. The summed E-state index contributed by atoms with van der Waals surface area (Å²) in [7, 11) is 1.56. The lowest BCUT2D eigenvalue weighted by atomic mass is 10.0. The van der Waals surface area contributed by atoms with Crippen LogP contribution in [0, 0.1) is 0 Å². The summed E-state index contributed by atoms with van der Waals surface area (Å²) in [5.74, 6) is 0.707. The third kappa shape index (κ3) is 2.70. The van der Waals surface area contributed by atoms with Crippen molar-refractivity contribution in [2.45, 2.75) is 19.8 Å². The number of ketones is 1. The van der Waals surface area contributed by atoms with Gasteiger partial charge in [-0.15, -0.1) is 0 Å². The smallest absolute Gasteiger partial charge is 0.321 e. The molecule has 102 valence electrons. The summed E-state index contributed by atoms with van der Waals surface area (Å²) < 4.78 is 5.16. The van der Waals surface area contributed by atoms with Crippen LogP contribution in [0.4, 0.5) is 10.5 Å². The standard InChI is InChI=1S/C14H18N2O3/c1-3-7-15-14(18)16-8-6-13(17)11-5-4-10(19-2)9-12(11)16/h4-5,9H,3,6-8H2,1-2H3,(H,15,18). The molecule has 2 amide bonds. The van der Waals surface area contributed by atoms with Gasteiger partial charge < -0.3 is 10.1 Å². The van der Waals surface area contributed by atoms with Crippen molar-refractivity contribution in [3.8, 4) is 5.75 Å². The van der Waals surface area contributed by atoms with Crippen LogP contribution in [0.5, 0.6) is 5.75 Å². The van der Waals surface area contributed by atoms with Crippen molar-refractivity contribution in [3.05, 3.63) is 23.8 Å². The van der Waals surface area contributed by atoms with Gasteiger partial charge in [-0.3, -0.25) is 9.69 Å². The number of Topliss-reactive ketones (excluding diaryl/α,β-unsaturated/α-hetero) is 1. The van der Waals surface area contributed by atoms with Crippen molar-refractivity contribution in [3.63, 3.8) is 0 Å². The molecule has 1 N–H and O–H groups in total. The van der Waals surface area contributed by atoms with Gasteiger partial charge in [-0.2, -0.15) is 0 Å². The molecule has 1 aliphatic heterocycles. The maximum Gasteiger partial charge on any atom is 0.321 e. The molecule has 1 aromatic carbocycles. The Labute approximate surface area is 112 Å². The molecule has 1 heterocycles. The van der Waals surface area contributed by atoms with E-state index in [4.69, 9.17) is 4.74 Å². The van der Waals surface area contributed by atoms with Crippen LogP contribution in [0.2, 0.25) is 0 Å². The molecule has 0 radical (unpaired) electrons. The highest BCUT2D eigenvalue weighted by molar-refractivity contribution is 6.08. The molecule has 19 heavy (non-hydrogen) atoms. The van der Waals surface area contributed by atoms with E-state index in [0.717, 1.165) is 6.42 Å². The number of anilines is 1. The first-order valence-electron chi connectivity index (χ1n) is 6.44. The van der Waals surface area contributed by atoms with E-state index in [1.54, 1.807) is 30.2 Å². The number of hydrogen-bond donors (Lipinski definition) is 1. The second-order valence-electron chi connectivity index (χ2n) is 4.44. The summed E-state index contributed by atoms with van der Waals surface area (Å²) in [4.78, 5) is 25.6. The normalized spacial score (nSPS) is 14.0. The zero-order valence-corrected chi connectivity index (χ0v) is 11.2. The Morgan fingerprint density at radius 2 is 2.26 bits per heavy atom. The molecule has 5 nitrogen and oxygen atoms in total. The first-order valence-corrected chi connectivity index (χ1v) is 6.44. The predicted molar refractivity (Wildman–Crippen MR) is 73.0 cm³/mol. The molecule has 0 aliphatic carbocycles. The molecule has 0 saturated heterocycles. The molecule has 0 unspecified atom stereocenters. The fourth-order valence-corrected chi connectivity index (χ4v) is 2.10. The van der Waals surface area contributed by atoms with Crippen LogP contribution in [0.25, 0.3) is 0 Å². The van der Waals surface area contributed by atoms with Crippen molar-refractivity contribution in [1.29, 1.82) is 0 Å². The summed E-state index contributed by atoms with van der Waals surface area (Å²) in [6.07, 6.45) is 1.24. The molecule has 0 bridgehead atoms. The van der Waals surface area contributed by atoms with E-state index >= 15 is 0 Å². The van der Waals surface area contributed by atoms with Crippen LogP contribution < -0.4 is 15.0 Å². The highest BCUT2D eigenvalue weighted by Crippen LogP contribution is 2.30. The number of fused-ring (bicyclic) bond motifs is 1. The third-order valence-electron chi connectivity index (χ3n) is 3.13. The number of urea groups is 1. The molecule has 1 aliphatic rings. The van der Waals surface area contributed by atoms with Crippen molar-refractivity contribution >= 4 is 17.5 Å². The van der Waals surface area contributed by atoms with Gasteiger partial charge in [-0.25, -0.2) is 4.79 Å². The Kier molecular flexibility index (Phi) is 4.04. The molecule has 0 saturated carbocycles. The summed E-state index contributed by atoms with van der Waals surface area (Å²) in [6.45, 7) is 3.04. The Bertz CT molecular complexity index is 499. The van der Waals surface area contributed by atoms with E-state index in [0.29, 0.717) is 36.5 Å². The summed E-state index contributed by atoms with van der Waals surface area (Å²) in [6, 6.07) is 5.03. The number of nitrogens with one attached hydrogen (secondary N) is 1. The number of methoxy groups -OCH3 is 1. The average Bonchev–Trinajstić information content (AvgIpc) is 2.44. The topological polar surface area (TPSA) is 58.6 Å². The van der Waals surface area contributed by atoms with Gasteiger partial charge in [-0.1, -0.05) is 6.92 Å². The van der Waals surface area contributed by atoms with Crippen molar-refractivity contribution in [2.75, 3.05) is 25.1 Å². The number of carbonyl (C=O) groups excluding carboxylic acids is 2. The van der Waals surface area contributed by atoms with Gasteiger partial charge in [0, 0.05) is 31.1 Å². The van der Waals surface area contributed by atoms with Crippen molar-refractivity contribution in [2.24, 2.45) is 0 Å². The van der Waals surface area contributed by atoms with Crippen LogP contribution >= 0.6 is 0 Å². The lowest BCUT2D eigenvalue weighted by molar-refractivity contribution is 0.0981. The lowest BCUT2D eigenvalue weighted by Crippen LogP contribution is -2.44. The van der Waals surface area contributed by atoms with Crippen LogP contribution in [0.1, 0.15) is 30.1 Å². The quantitative estimate of drug-likeness (QED) is 0.908. The molecule has 0 aromatic heterocycles. The van der Waals surface area contributed by atoms with E-state index in [1.807, 2.05) is 6.92 Å². The Balaban J connectivity index is 2.32. The molecule has 0 fully saturated rings. The Morgan fingerprint density at radius 3 is 2.95 bits per heavy atom. The van der Waals surface area contributed by atoms with Crippen molar-refractivity contribution < 1.29 is 14.3 Å². The molecule has 2 rings (SSSR count). The van der Waals surface area contributed by atoms with Gasteiger partial charge in [0.2, 0.25) is 0 Å². The van der Waals surface area contributed by atoms with E-state index in [-0.39, 0.29) is 11.8 Å². The van der Waals surface area contributed by atoms with E-state index in [2.05, 4.69) is 5.32 Å². The van der Waals surface area contributed by atoms with Crippen LogP contribution in [0.3, 0.4) is 0 Å². The van der Waals surface area contributed by atoms with Gasteiger partial charge in [0.15, 0.2) is 5.78 Å².